The molecule has 0 aromatic rings. The van der Waals surface area contributed by atoms with Gasteiger partial charge in [0.1, 0.15) is 0 Å². The zero-order chi connectivity index (χ0) is 4.50. The van der Waals surface area contributed by atoms with E-state index in [1.807, 2.05) is 0 Å². The Labute approximate surface area is 50.0 Å². The standard InChI is InChI=1S/H2O4S.Ti/c1-5(2,3)4;/h(H2,1,2,3,4);/q;+4/p-2. The van der Waals surface area contributed by atoms with Crippen molar-refractivity contribution in [2.45, 2.75) is 0 Å². The summed E-state index contributed by atoms with van der Waals surface area (Å²) in [6.07, 6.45) is 0. The molecule has 0 fully saturated rings. The molecule has 6 heavy (non-hydrogen) atoms. The van der Waals surface area contributed by atoms with Crippen LogP contribution >= 0.6 is 0 Å². The van der Waals surface area contributed by atoms with Crippen molar-refractivity contribution in [2.75, 3.05) is 0 Å². The molecule has 0 aromatic heterocycles. The van der Waals surface area contributed by atoms with Gasteiger partial charge in [0, 0.05) is 10.4 Å². The fourth-order valence-corrected chi connectivity index (χ4v) is 0. The first-order valence-corrected chi connectivity index (χ1v) is 2.00. The van der Waals surface area contributed by atoms with Crippen LogP contribution in [0.15, 0.2) is 0 Å². The molecule has 0 unspecified atom stereocenters. The van der Waals surface area contributed by atoms with Crippen LogP contribution < -0.4 is 0 Å². The third-order valence-corrected chi connectivity index (χ3v) is 0. The Morgan fingerprint density at radius 3 is 1.17 bits per heavy atom. The van der Waals surface area contributed by atoms with Crippen molar-refractivity contribution in [1.29, 1.82) is 0 Å². The van der Waals surface area contributed by atoms with E-state index in [4.69, 9.17) is 17.5 Å². The smallest absolute Gasteiger partial charge is 0.759 e. The van der Waals surface area contributed by atoms with Crippen LogP contribution in [0.4, 0.5) is 0 Å². The van der Waals surface area contributed by atoms with Crippen LogP contribution in [0.3, 0.4) is 0 Å². The average Bonchev–Trinajstić information content (AvgIpc) is 0.722. The topological polar surface area (TPSA) is 80.3 Å². The zero-order valence-corrected chi connectivity index (χ0v) is 4.92. The fraction of sp³-hybridized carbons (Fsp3) is 0. The summed E-state index contributed by atoms with van der Waals surface area (Å²) in [5.41, 5.74) is 0. The van der Waals surface area contributed by atoms with Crippen LogP contribution in [0.5, 0.6) is 0 Å². The van der Waals surface area contributed by atoms with E-state index in [0.717, 1.165) is 0 Å². The SMILES string of the molecule is O=S(=O)([O-])[O-].[Ti+4]. The first-order chi connectivity index (χ1) is 2.00. The largest absolute Gasteiger partial charge is 4.00 e. The van der Waals surface area contributed by atoms with Crippen molar-refractivity contribution in [3.8, 4) is 0 Å². The molecule has 0 rings (SSSR count). The number of hydrogen-bond donors (Lipinski definition) is 0. The molecule has 0 atom stereocenters. The predicted molar refractivity (Wildman–Crippen MR) is 10.5 cm³/mol. The predicted octanol–water partition coefficient (Wildman–Crippen LogP) is -1.34. The summed E-state index contributed by atoms with van der Waals surface area (Å²) in [6, 6.07) is 0. The van der Waals surface area contributed by atoms with Crippen LogP contribution in [0.25, 0.3) is 0 Å². The molecule has 0 aromatic carbocycles. The minimum atomic E-state index is -5.17. The minimum Gasteiger partial charge on any atom is -0.759 e. The quantitative estimate of drug-likeness (QED) is 0.239. The van der Waals surface area contributed by atoms with Gasteiger partial charge in [-0.3, -0.25) is 8.42 Å². The second-order valence-corrected chi connectivity index (χ2v) is 1.22. The molecule has 0 N–H and O–H groups in total. The number of rotatable bonds is 0. The van der Waals surface area contributed by atoms with Crippen LogP contribution in [0.2, 0.25) is 0 Å². The third kappa shape index (κ3) is 173. The van der Waals surface area contributed by atoms with Gasteiger partial charge < -0.3 is 9.11 Å². The first-order valence-electron chi connectivity index (χ1n) is 0.667. The fourth-order valence-electron chi connectivity index (χ4n) is 0. The Bertz CT molecular complexity index is 90.7. The van der Waals surface area contributed by atoms with Gasteiger partial charge >= 0.3 is 21.7 Å². The van der Waals surface area contributed by atoms with E-state index < -0.39 is 10.4 Å². The van der Waals surface area contributed by atoms with Gasteiger partial charge in [-0.25, -0.2) is 0 Å². The van der Waals surface area contributed by atoms with Crippen LogP contribution in [-0.2, 0) is 32.1 Å². The van der Waals surface area contributed by atoms with Gasteiger partial charge in [-0.15, -0.1) is 0 Å². The zero-order valence-electron chi connectivity index (χ0n) is 2.54. The molecule has 0 bridgehead atoms. The Kier molecular flexibility index (Phi) is 4.41. The van der Waals surface area contributed by atoms with E-state index in [9.17, 15) is 0 Å². The molecule has 0 aliphatic heterocycles. The van der Waals surface area contributed by atoms with Crippen molar-refractivity contribution < 1.29 is 39.2 Å². The van der Waals surface area contributed by atoms with Crippen LogP contribution in [0, 0.1) is 0 Å². The van der Waals surface area contributed by atoms with Crippen molar-refractivity contribution in [3.05, 3.63) is 0 Å². The second kappa shape index (κ2) is 2.71. The molecule has 0 saturated carbocycles. The van der Waals surface area contributed by atoms with Gasteiger partial charge in [-0.2, -0.15) is 0 Å². The van der Waals surface area contributed by atoms with Gasteiger partial charge in [0.2, 0.25) is 0 Å². The van der Waals surface area contributed by atoms with Crippen molar-refractivity contribution >= 4 is 10.4 Å². The normalized spacial score (nSPS) is 9.67. The van der Waals surface area contributed by atoms with Gasteiger partial charge in [0.05, 0.1) is 0 Å². The van der Waals surface area contributed by atoms with Crippen LogP contribution in [-0.4, -0.2) is 17.5 Å². The summed E-state index contributed by atoms with van der Waals surface area (Å²) < 4.78 is 34.1. The molecule has 0 radical (unpaired) electrons. The Balaban J connectivity index is 0. The molecule has 32 valence electrons. The molecular weight excluding hydrogens is 144 g/mol. The number of hydrogen-bond acceptors (Lipinski definition) is 4. The molecule has 0 amide bonds. The van der Waals surface area contributed by atoms with Crippen molar-refractivity contribution in [1.82, 2.24) is 0 Å². The molecule has 0 aliphatic rings. The summed E-state index contributed by atoms with van der Waals surface area (Å²) in [4.78, 5) is 0. The molecular formula is O4STi+2. The first kappa shape index (κ1) is 9.77. The maximum absolute atomic E-state index is 8.52. The Morgan fingerprint density at radius 1 is 1.17 bits per heavy atom. The summed E-state index contributed by atoms with van der Waals surface area (Å²) in [7, 11) is -5.17. The maximum atomic E-state index is 8.52. The third-order valence-electron chi connectivity index (χ3n) is 0. The van der Waals surface area contributed by atoms with Crippen molar-refractivity contribution in [3.63, 3.8) is 0 Å². The van der Waals surface area contributed by atoms with E-state index in [0.29, 0.717) is 0 Å². The summed E-state index contributed by atoms with van der Waals surface area (Å²) in [5, 5.41) is 0. The van der Waals surface area contributed by atoms with Gasteiger partial charge in [0.25, 0.3) is 0 Å². The molecule has 0 aliphatic carbocycles. The summed E-state index contributed by atoms with van der Waals surface area (Å²) in [5.74, 6) is 0. The van der Waals surface area contributed by atoms with E-state index in [-0.39, 0.29) is 21.7 Å². The van der Waals surface area contributed by atoms with E-state index in [1.165, 1.54) is 0 Å². The van der Waals surface area contributed by atoms with Gasteiger partial charge in [-0.05, 0) is 0 Å². The second-order valence-electron chi connectivity index (χ2n) is 0.408. The van der Waals surface area contributed by atoms with Crippen molar-refractivity contribution in [2.24, 2.45) is 0 Å². The van der Waals surface area contributed by atoms with Gasteiger partial charge in [0.15, 0.2) is 0 Å². The summed E-state index contributed by atoms with van der Waals surface area (Å²) >= 11 is 0. The van der Waals surface area contributed by atoms with E-state index >= 15 is 0 Å². The maximum Gasteiger partial charge on any atom is 4.00 e. The van der Waals surface area contributed by atoms with E-state index in [1.54, 1.807) is 0 Å². The van der Waals surface area contributed by atoms with Crippen LogP contribution in [0.1, 0.15) is 0 Å². The molecule has 0 heterocycles. The molecule has 0 saturated heterocycles. The summed E-state index contributed by atoms with van der Waals surface area (Å²) in [6.45, 7) is 0. The molecule has 0 spiro atoms. The molecule has 4 nitrogen and oxygen atoms in total. The molecule has 6 heteroatoms. The van der Waals surface area contributed by atoms with E-state index in [2.05, 4.69) is 0 Å². The monoisotopic (exact) mass is 144 g/mol. The average molecular weight is 144 g/mol. The van der Waals surface area contributed by atoms with Gasteiger partial charge in [-0.1, -0.05) is 0 Å². The Hall–Kier alpha value is 0.584. The Morgan fingerprint density at radius 2 is 1.17 bits per heavy atom. The minimum absolute atomic E-state index is 0.